The molecular formula is C21H16F2N2OS. The number of hydrogen-bond donors (Lipinski definition) is 1. The van der Waals surface area contributed by atoms with Gasteiger partial charge >= 0.3 is 0 Å². The van der Waals surface area contributed by atoms with E-state index in [-0.39, 0.29) is 11.4 Å². The zero-order valence-electron chi connectivity index (χ0n) is 14.7. The highest BCUT2D eigenvalue weighted by atomic mass is 32.1. The fourth-order valence-corrected chi connectivity index (χ4v) is 4.00. The van der Waals surface area contributed by atoms with Gasteiger partial charge in [-0.25, -0.2) is 13.8 Å². The third-order valence-corrected chi connectivity index (χ3v) is 5.40. The monoisotopic (exact) mass is 382 g/mol. The molecule has 0 unspecified atom stereocenters. The fraction of sp³-hybridized carbons (Fsp3) is 0.143. The van der Waals surface area contributed by atoms with Crippen molar-refractivity contribution in [2.75, 3.05) is 0 Å². The maximum absolute atomic E-state index is 14.0. The van der Waals surface area contributed by atoms with Crippen LogP contribution in [-0.2, 0) is 0 Å². The Labute approximate surface area is 158 Å². The SMILES string of the molecule is CC(C)c1ccc(-c2csc3nc(-c4c(F)cccc4F)[nH]c(=O)c23)cc1. The highest BCUT2D eigenvalue weighted by molar-refractivity contribution is 7.17. The van der Waals surface area contributed by atoms with Crippen LogP contribution in [0.3, 0.4) is 0 Å². The first kappa shape index (κ1) is 17.5. The van der Waals surface area contributed by atoms with Gasteiger partial charge < -0.3 is 4.98 Å². The Bertz CT molecular complexity index is 1170. The largest absolute Gasteiger partial charge is 0.306 e. The molecule has 1 N–H and O–H groups in total. The van der Waals surface area contributed by atoms with Crippen molar-refractivity contribution in [3.63, 3.8) is 0 Å². The van der Waals surface area contributed by atoms with Gasteiger partial charge in [-0.1, -0.05) is 44.2 Å². The number of H-pyrrole nitrogens is 1. The van der Waals surface area contributed by atoms with Crippen molar-refractivity contribution >= 4 is 21.6 Å². The van der Waals surface area contributed by atoms with Gasteiger partial charge in [0, 0.05) is 10.9 Å². The van der Waals surface area contributed by atoms with Gasteiger partial charge in [-0.3, -0.25) is 4.79 Å². The summed E-state index contributed by atoms with van der Waals surface area (Å²) in [4.78, 5) is 20.0. The second-order valence-corrected chi connectivity index (χ2v) is 7.48. The number of fused-ring (bicyclic) bond motifs is 1. The molecule has 0 fully saturated rings. The smallest absolute Gasteiger partial charge is 0.260 e. The summed E-state index contributed by atoms with van der Waals surface area (Å²) >= 11 is 1.28. The zero-order chi connectivity index (χ0) is 19.1. The minimum Gasteiger partial charge on any atom is -0.306 e. The molecule has 0 aliphatic carbocycles. The van der Waals surface area contributed by atoms with Crippen LogP contribution >= 0.6 is 11.3 Å². The van der Waals surface area contributed by atoms with Gasteiger partial charge in [0.25, 0.3) is 5.56 Å². The molecule has 0 aliphatic heterocycles. The first-order valence-electron chi connectivity index (χ1n) is 8.52. The molecule has 0 aliphatic rings. The van der Waals surface area contributed by atoms with Crippen LogP contribution in [0.1, 0.15) is 25.3 Å². The third-order valence-electron chi connectivity index (χ3n) is 4.53. The van der Waals surface area contributed by atoms with Crippen LogP contribution in [0.4, 0.5) is 8.78 Å². The van der Waals surface area contributed by atoms with Crippen molar-refractivity contribution in [2.24, 2.45) is 0 Å². The quantitative estimate of drug-likeness (QED) is 0.492. The van der Waals surface area contributed by atoms with Gasteiger partial charge in [0.05, 0.1) is 10.9 Å². The van der Waals surface area contributed by atoms with Crippen molar-refractivity contribution in [3.8, 4) is 22.5 Å². The number of hydrogen-bond acceptors (Lipinski definition) is 3. The standard InChI is InChI=1S/C21H16F2N2OS/c1-11(2)12-6-8-13(9-7-12)14-10-27-21-17(14)20(26)24-19(25-21)18-15(22)4-3-5-16(18)23/h3-11H,1-2H3,(H,24,25,26). The third kappa shape index (κ3) is 3.06. The van der Waals surface area contributed by atoms with Crippen molar-refractivity contribution in [2.45, 2.75) is 19.8 Å². The predicted molar refractivity (Wildman–Crippen MR) is 105 cm³/mol. The molecule has 3 nitrogen and oxygen atoms in total. The van der Waals surface area contributed by atoms with Crippen molar-refractivity contribution in [1.82, 2.24) is 9.97 Å². The molecule has 0 radical (unpaired) electrons. The van der Waals surface area contributed by atoms with Gasteiger partial charge in [-0.2, -0.15) is 0 Å². The highest BCUT2D eigenvalue weighted by Gasteiger charge is 2.18. The maximum Gasteiger partial charge on any atom is 0.260 e. The van der Waals surface area contributed by atoms with Crippen LogP contribution < -0.4 is 5.56 Å². The molecule has 0 saturated carbocycles. The Morgan fingerprint density at radius 1 is 1.04 bits per heavy atom. The minimum atomic E-state index is -0.765. The summed E-state index contributed by atoms with van der Waals surface area (Å²) in [5.41, 5.74) is 2.14. The normalized spacial score (nSPS) is 11.4. The molecule has 2 aromatic heterocycles. The van der Waals surface area contributed by atoms with Crippen LogP contribution in [0.15, 0.2) is 52.6 Å². The van der Waals surface area contributed by atoms with E-state index in [1.54, 1.807) is 0 Å². The van der Waals surface area contributed by atoms with E-state index in [1.165, 1.54) is 23.0 Å². The second-order valence-electron chi connectivity index (χ2n) is 6.62. The van der Waals surface area contributed by atoms with Crippen LogP contribution in [-0.4, -0.2) is 9.97 Å². The summed E-state index contributed by atoms with van der Waals surface area (Å²) in [6.07, 6.45) is 0. The number of aromatic nitrogens is 2. The molecule has 6 heteroatoms. The van der Waals surface area contributed by atoms with E-state index in [0.29, 0.717) is 16.1 Å². The summed E-state index contributed by atoms with van der Waals surface area (Å²) in [5.74, 6) is -1.22. The number of nitrogens with zero attached hydrogens (tertiary/aromatic N) is 1. The molecule has 0 atom stereocenters. The lowest BCUT2D eigenvalue weighted by Crippen LogP contribution is -2.10. The van der Waals surface area contributed by atoms with Crippen LogP contribution in [0.2, 0.25) is 0 Å². The summed E-state index contributed by atoms with van der Waals surface area (Å²) in [6.45, 7) is 4.24. The van der Waals surface area contributed by atoms with Gasteiger partial charge in [-0.15, -0.1) is 11.3 Å². The van der Waals surface area contributed by atoms with Crippen molar-refractivity contribution in [3.05, 3.63) is 75.4 Å². The summed E-state index contributed by atoms with van der Waals surface area (Å²) in [5, 5.41) is 2.27. The fourth-order valence-electron chi connectivity index (χ4n) is 3.05. The Morgan fingerprint density at radius 2 is 1.70 bits per heavy atom. The first-order chi connectivity index (χ1) is 13.0. The van der Waals surface area contributed by atoms with Crippen molar-refractivity contribution < 1.29 is 8.78 Å². The van der Waals surface area contributed by atoms with E-state index >= 15 is 0 Å². The predicted octanol–water partition coefficient (Wildman–Crippen LogP) is 5.72. The molecule has 2 aromatic carbocycles. The molecule has 4 rings (SSSR count). The number of rotatable bonds is 3. The molecule has 2 heterocycles. The average Bonchev–Trinajstić information content (AvgIpc) is 3.06. The summed E-state index contributed by atoms with van der Waals surface area (Å²) in [7, 11) is 0. The number of aromatic amines is 1. The topological polar surface area (TPSA) is 45.8 Å². The number of nitrogens with one attached hydrogen (secondary N) is 1. The molecule has 0 spiro atoms. The molecular weight excluding hydrogens is 366 g/mol. The van der Waals surface area contributed by atoms with E-state index < -0.39 is 17.2 Å². The lowest BCUT2D eigenvalue weighted by Gasteiger charge is -2.07. The van der Waals surface area contributed by atoms with Gasteiger partial charge in [-0.05, 0) is 29.2 Å². The zero-order valence-corrected chi connectivity index (χ0v) is 15.5. The van der Waals surface area contributed by atoms with E-state index in [2.05, 4.69) is 23.8 Å². The molecule has 27 heavy (non-hydrogen) atoms. The molecule has 4 aromatic rings. The van der Waals surface area contributed by atoms with Crippen molar-refractivity contribution in [1.29, 1.82) is 0 Å². The van der Waals surface area contributed by atoms with E-state index in [0.717, 1.165) is 23.3 Å². The summed E-state index contributed by atoms with van der Waals surface area (Å²) in [6, 6.07) is 11.6. The lowest BCUT2D eigenvalue weighted by atomic mass is 9.99. The summed E-state index contributed by atoms with van der Waals surface area (Å²) < 4.78 is 28.1. The average molecular weight is 382 g/mol. The molecule has 0 amide bonds. The Balaban J connectivity index is 1.87. The van der Waals surface area contributed by atoms with E-state index in [9.17, 15) is 13.6 Å². The first-order valence-corrected chi connectivity index (χ1v) is 9.40. The number of thiophene rings is 1. The molecule has 136 valence electrons. The Kier molecular flexibility index (Phi) is 4.36. The van der Waals surface area contributed by atoms with Crippen LogP contribution in [0.5, 0.6) is 0 Å². The molecule has 0 bridgehead atoms. The number of halogens is 2. The minimum absolute atomic E-state index is 0.105. The van der Waals surface area contributed by atoms with E-state index in [4.69, 9.17) is 0 Å². The Hall–Kier alpha value is -2.86. The van der Waals surface area contributed by atoms with Gasteiger partial charge in [0.1, 0.15) is 22.3 Å². The van der Waals surface area contributed by atoms with E-state index in [1.807, 2.05) is 29.6 Å². The highest BCUT2D eigenvalue weighted by Crippen LogP contribution is 2.33. The van der Waals surface area contributed by atoms with Crippen LogP contribution in [0, 0.1) is 11.6 Å². The van der Waals surface area contributed by atoms with Crippen LogP contribution in [0.25, 0.3) is 32.7 Å². The second kappa shape index (κ2) is 6.70. The lowest BCUT2D eigenvalue weighted by molar-refractivity contribution is 0.587. The maximum atomic E-state index is 14.0. The van der Waals surface area contributed by atoms with Gasteiger partial charge in [0.2, 0.25) is 0 Å². The van der Waals surface area contributed by atoms with Gasteiger partial charge in [0.15, 0.2) is 0 Å². The number of benzene rings is 2. The Morgan fingerprint density at radius 3 is 2.33 bits per heavy atom. The molecule has 0 saturated heterocycles.